The maximum absolute atomic E-state index is 14.5. The molecule has 3 aliphatic carbocycles. The number of aromatic nitrogens is 6. The Morgan fingerprint density at radius 3 is 2.60 bits per heavy atom. The minimum Gasteiger partial charge on any atom is -0.291 e. The Labute approximate surface area is 246 Å². The second-order valence-corrected chi connectivity index (χ2v) is 13.4. The van der Waals surface area contributed by atoms with Gasteiger partial charge in [0, 0.05) is 30.4 Å². The molecule has 0 spiro atoms. The number of ketones is 1. The first kappa shape index (κ1) is 27.1. The Morgan fingerprint density at radius 1 is 1.12 bits per heavy atom. The predicted molar refractivity (Wildman–Crippen MR) is 152 cm³/mol. The number of halogens is 2. The van der Waals surface area contributed by atoms with Crippen LogP contribution in [0.1, 0.15) is 53.8 Å². The molecule has 2 saturated carbocycles. The monoisotopic (exact) mass is 607 g/mol. The van der Waals surface area contributed by atoms with Gasteiger partial charge >= 0.3 is 0 Å². The smallest absolute Gasteiger partial charge is 0.282 e. The number of pyridine rings is 1. The first-order chi connectivity index (χ1) is 20.2. The Morgan fingerprint density at radius 2 is 1.90 bits per heavy atom. The van der Waals surface area contributed by atoms with E-state index < -0.39 is 21.5 Å². The lowest BCUT2D eigenvalue weighted by molar-refractivity contribution is 0.0733. The van der Waals surface area contributed by atoms with Crippen molar-refractivity contribution < 1.29 is 17.6 Å². The van der Waals surface area contributed by atoms with Crippen LogP contribution in [0.5, 0.6) is 0 Å². The number of aryl methyl sites for hydroxylation is 1. The maximum Gasteiger partial charge on any atom is 0.282 e. The molecule has 4 aromatic rings. The molecule has 3 heterocycles. The molecule has 42 heavy (non-hydrogen) atoms. The molecule has 3 aliphatic rings. The van der Waals surface area contributed by atoms with Crippen LogP contribution >= 0.6 is 11.6 Å². The van der Waals surface area contributed by atoms with Gasteiger partial charge in [-0.3, -0.25) is 14.5 Å². The molecule has 0 aliphatic heterocycles. The van der Waals surface area contributed by atoms with Crippen LogP contribution in [0.2, 0.25) is 5.02 Å². The van der Waals surface area contributed by atoms with Crippen molar-refractivity contribution in [3.63, 3.8) is 0 Å². The lowest BCUT2D eigenvalue weighted by Gasteiger charge is -2.46. The van der Waals surface area contributed by atoms with E-state index in [9.17, 15) is 17.6 Å². The molecule has 0 N–H and O–H groups in total. The number of carbonyl (C=O) groups excluding carboxylic acids is 1. The number of hydrogen-bond donors (Lipinski definition) is 0. The Hall–Kier alpha value is -3.74. The highest BCUT2D eigenvalue weighted by Crippen LogP contribution is 2.52. The summed E-state index contributed by atoms with van der Waals surface area (Å²) in [6.07, 6.45) is 9.71. The van der Waals surface area contributed by atoms with E-state index in [1.807, 2.05) is 6.08 Å². The van der Waals surface area contributed by atoms with E-state index in [-0.39, 0.29) is 34.9 Å². The van der Waals surface area contributed by atoms with Gasteiger partial charge < -0.3 is 0 Å². The summed E-state index contributed by atoms with van der Waals surface area (Å²) < 4.78 is 46.0. The highest BCUT2D eigenvalue weighted by atomic mass is 35.5. The normalized spacial score (nSPS) is 22.0. The van der Waals surface area contributed by atoms with Gasteiger partial charge in [-0.05, 0) is 86.6 Å². The fourth-order valence-electron chi connectivity index (χ4n) is 6.41. The van der Waals surface area contributed by atoms with Crippen molar-refractivity contribution in [1.29, 1.82) is 0 Å². The summed E-state index contributed by atoms with van der Waals surface area (Å²) in [5, 5.41) is 8.85. The van der Waals surface area contributed by atoms with Crippen LogP contribution in [0, 0.1) is 11.2 Å². The molecule has 1 aromatic carbocycles. The van der Waals surface area contributed by atoms with Gasteiger partial charge in [0.2, 0.25) is 0 Å². The van der Waals surface area contributed by atoms with Gasteiger partial charge in [0.25, 0.3) is 15.2 Å². The van der Waals surface area contributed by atoms with Crippen LogP contribution in [-0.4, -0.2) is 60.1 Å². The van der Waals surface area contributed by atoms with Crippen LogP contribution in [-0.2, 0) is 23.5 Å². The zero-order valence-electron chi connectivity index (χ0n) is 22.7. The van der Waals surface area contributed by atoms with Gasteiger partial charge in [-0.15, -0.1) is 5.10 Å². The van der Waals surface area contributed by atoms with E-state index in [0.29, 0.717) is 30.0 Å². The fraction of sp³-hybridized carbons (Fsp3) is 0.345. The van der Waals surface area contributed by atoms with Crippen LogP contribution in [0.3, 0.4) is 0 Å². The average Bonchev–Trinajstić information content (AvgIpc) is 3.55. The molecule has 10 nitrogen and oxygen atoms in total. The third-order valence-electron chi connectivity index (χ3n) is 8.45. The van der Waals surface area contributed by atoms with E-state index in [1.54, 1.807) is 46.5 Å². The number of allylic oxidation sites excluding steroid dienone is 1. The molecule has 0 amide bonds. The summed E-state index contributed by atoms with van der Waals surface area (Å²) in [6.45, 7) is 0. The molecule has 0 bridgehead atoms. The molecule has 0 radical (unpaired) electrons. The zero-order valence-corrected chi connectivity index (χ0v) is 24.3. The maximum atomic E-state index is 14.5. The number of hydrogen-bond acceptors (Lipinski definition) is 7. The number of carbonyl (C=O) groups is 1. The Kier molecular flexibility index (Phi) is 6.41. The van der Waals surface area contributed by atoms with Crippen molar-refractivity contribution in [1.82, 2.24) is 33.8 Å². The van der Waals surface area contributed by atoms with E-state index in [2.05, 4.69) is 20.2 Å². The number of rotatable bonds is 7. The molecule has 13 heteroatoms. The van der Waals surface area contributed by atoms with E-state index >= 15 is 0 Å². The van der Waals surface area contributed by atoms with Gasteiger partial charge in [0.1, 0.15) is 17.8 Å². The minimum atomic E-state index is -4.00. The Balaban J connectivity index is 1.32. The van der Waals surface area contributed by atoms with Crippen molar-refractivity contribution >= 4 is 33.5 Å². The quantitative estimate of drug-likeness (QED) is 0.286. The third kappa shape index (κ3) is 4.48. The SMILES string of the molecule is Cn1cnc(S(=O)(=O)N(C2CC2)[C@H]2CCC3=Cc4c(cnn4-c4ccc(F)cc4)C[C@]3(C(=O)c3cc(Cl)ccn3)C2)n1. The van der Waals surface area contributed by atoms with Crippen LogP contribution in [0.25, 0.3) is 11.8 Å². The van der Waals surface area contributed by atoms with Crippen molar-refractivity contribution in [3.05, 3.63) is 88.5 Å². The predicted octanol–water partition coefficient (Wildman–Crippen LogP) is 4.40. The summed E-state index contributed by atoms with van der Waals surface area (Å²) in [6, 6.07) is 8.65. The molecule has 216 valence electrons. The lowest BCUT2D eigenvalue weighted by Crippen LogP contribution is -2.51. The molecular formula is C29H27ClFN7O3S. The molecule has 2 fully saturated rings. The highest BCUT2D eigenvalue weighted by Gasteiger charge is 2.54. The van der Waals surface area contributed by atoms with Gasteiger partial charge in [-0.2, -0.15) is 9.40 Å². The summed E-state index contributed by atoms with van der Waals surface area (Å²) >= 11 is 6.27. The van der Waals surface area contributed by atoms with E-state index in [4.69, 9.17) is 11.6 Å². The number of Topliss-reactive ketones (excluding diaryl/α,β-unsaturated/α-hetero) is 1. The molecule has 0 unspecified atom stereocenters. The summed E-state index contributed by atoms with van der Waals surface area (Å²) in [5.41, 5.74) is 2.44. The zero-order chi connectivity index (χ0) is 29.2. The molecule has 0 saturated heterocycles. The molecule has 2 atom stereocenters. The summed E-state index contributed by atoms with van der Waals surface area (Å²) in [7, 11) is -2.37. The number of sulfonamides is 1. The second-order valence-electron chi connectivity index (χ2n) is 11.2. The van der Waals surface area contributed by atoms with Gasteiger partial charge in [-0.1, -0.05) is 17.2 Å². The van der Waals surface area contributed by atoms with E-state index in [0.717, 1.165) is 29.7 Å². The van der Waals surface area contributed by atoms with Gasteiger partial charge in [0.15, 0.2) is 5.78 Å². The van der Waals surface area contributed by atoms with Crippen LogP contribution < -0.4 is 0 Å². The van der Waals surface area contributed by atoms with Gasteiger partial charge in [-0.25, -0.2) is 22.5 Å². The summed E-state index contributed by atoms with van der Waals surface area (Å²) in [5.74, 6) is -0.545. The molecule has 3 aromatic heterocycles. The van der Waals surface area contributed by atoms with Crippen molar-refractivity contribution in [3.8, 4) is 5.69 Å². The largest absolute Gasteiger partial charge is 0.291 e. The van der Waals surface area contributed by atoms with Crippen molar-refractivity contribution in [2.45, 2.75) is 55.8 Å². The summed E-state index contributed by atoms with van der Waals surface area (Å²) in [4.78, 5) is 22.9. The Bertz CT molecular complexity index is 1850. The number of benzene rings is 1. The standard InChI is InChI=1S/C29H27ClFN7O3S/c1-36-17-33-28(35-36)42(40,41)38(23-8-9-23)24-5-2-19-12-26-18(16-34-37(26)22-6-3-21(31)4-7-22)14-29(19,15-24)27(39)25-13-20(30)10-11-32-25/h3-4,6-7,10-13,16-17,23-24H,2,5,8-9,14-15H2,1H3/t24-,29-/m0/s1. The second kappa shape index (κ2) is 9.92. The fourth-order valence-corrected chi connectivity index (χ4v) is 8.35. The number of nitrogens with zero attached hydrogens (tertiary/aromatic N) is 7. The van der Waals surface area contributed by atoms with Crippen molar-refractivity contribution in [2.24, 2.45) is 12.5 Å². The molecular weight excluding hydrogens is 581 g/mol. The lowest BCUT2D eigenvalue weighted by atomic mass is 9.60. The topological polar surface area (TPSA) is 116 Å². The minimum absolute atomic E-state index is 0.161. The highest BCUT2D eigenvalue weighted by molar-refractivity contribution is 7.89. The first-order valence-electron chi connectivity index (χ1n) is 13.8. The van der Waals surface area contributed by atoms with Crippen molar-refractivity contribution in [2.75, 3.05) is 0 Å². The van der Waals surface area contributed by atoms with E-state index in [1.165, 1.54) is 29.3 Å². The van der Waals surface area contributed by atoms with Crippen LogP contribution in [0.15, 0.2) is 65.8 Å². The van der Waals surface area contributed by atoms with Gasteiger partial charge in [0.05, 0.1) is 23.0 Å². The third-order valence-corrected chi connectivity index (χ3v) is 10.5. The number of fused-ring (bicyclic) bond motifs is 2. The average molecular weight is 608 g/mol. The van der Waals surface area contributed by atoms with Crippen LogP contribution in [0.4, 0.5) is 4.39 Å². The molecule has 7 rings (SSSR count). The first-order valence-corrected chi connectivity index (χ1v) is 15.6.